The minimum atomic E-state index is -0.209. The van der Waals surface area contributed by atoms with Crippen LogP contribution in [0.5, 0.6) is 5.75 Å². The number of hydrogen-bond acceptors (Lipinski definition) is 4. The molecule has 0 bridgehead atoms. The van der Waals surface area contributed by atoms with Crippen LogP contribution < -0.4 is 15.4 Å². The SMILES string of the molecule is CCNC(=NCCCOCC1CCCO1)NC1CC(C)(C)Oc2ccccc21. The fourth-order valence-corrected chi connectivity index (χ4v) is 3.76. The predicted octanol–water partition coefficient (Wildman–Crippen LogP) is 3.43. The molecule has 1 fully saturated rings. The lowest BCUT2D eigenvalue weighted by Gasteiger charge is -2.38. The van der Waals surface area contributed by atoms with Crippen LogP contribution in [-0.2, 0) is 9.47 Å². The number of nitrogens with zero attached hydrogens (tertiary/aromatic N) is 1. The molecule has 0 amide bonds. The van der Waals surface area contributed by atoms with Gasteiger partial charge in [0.1, 0.15) is 11.4 Å². The number of guanidine groups is 1. The fraction of sp³-hybridized carbons (Fsp3) is 0.682. The molecule has 0 aromatic heterocycles. The molecular weight excluding hydrogens is 354 g/mol. The standard InChI is InChI=1S/C22H35N3O3/c1-4-23-21(24-12-8-13-26-16-17-9-7-14-27-17)25-19-15-22(2,3)28-20-11-6-5-10-18(19)20/h5-6,10-11,17,19H,4,7-9,12-16H2,1-3H3,(H2,23,24,25). The first-order valence-electron chi connectivity index (χ1n) is 10.6. The number of benzene rings is 1. The van der Waals surface area contributed by atoms with Crippen molar-refractivity contribution in [3.63, 3.8) is 0 Å². The van der Waals surface area contributed by atoms with E-state index in [1.165, 1.54) is 5.56 Å². The highest BCUT2D eigenvalue weighted by Crippen LogP contribution is 2.39. The maximum atomic E-state index is 6.13. The number of hydrogen-bond donors (Lipinski definition) is 2. The Balaban J connectivity index is 1.51. The van der Waals surface area contributed by atoms with Crippen molar-refractivity contribution >= 4 is 5.96 Å². The molecule has 2 aliphatic rings. The first kappa shape index (κ1) is 20.9. The molecule has 2 heterocycles. The molecule has 28 heavy (non-hydrogen) atoms. The van der Waals surface area contributed by atoms with E-state index < -0.39 is 0 Å². The summed E-state index contributed by atoms with van der Waals surface area (Å²) >= 11 is 0. The summed E-state index contributed by atoms with van der Waals surface area (Å²) in [6.07, 6.45) is 4.36. The van der Waals surface area contributed by atoms with Crippen LogP contribution >= 0.6 is 0 Å². The quantitative estimate of drug-likeness (QED) is 0.405. The van der Waals surface area contributed by atoms with Crippen molar-refractivity contribution in [1.82, 2.24) is 10.6 Å². The minimum absolute atomic E-state index is 0.175. The third-order valence-electron chi connectivity index (χ3n) is 5.08. The first-order valence-corrected chi connectivity index (χ1v) is 10.6. The van der Waals surface area contributed by atoms with Crippen LogP contribution in [0.3, 0.4) is 0 Å². The molecular formula is C22H35N3O3. The van der Waals surface area contributed by atoms with Gasteiger partial charge in [-0.2, -0.15) is 0 Å². The van der Waals surface area contributed by atoms with Gasteiger partial charge in [0.25, 0.3) is 0 Å². The Labute approximate surface area is 169 Å². The highest BCUT2D eigenvalue weighted by molar-refractivity contribution is 5.80. The van der Waals surface area contributed by atoms with E-state index in [9.17, 15) is 0 Å². The topological polar surface area (TPSA) is 64.1 Å². The van der Waals surface area contributed by atoms with Gasteiger partial charge in [-0.3, -0.25) is 4.99 Å². The number of aliphatic imine (C=N–C) groups is 1. The maximum absolute atomic E-state index is 6.13. The van der Waals surface area contributed by atoms with Gasteiger partial charge in [0.15, 0.2) is 5.96 Å². The summed E-state index contributed by atoms with van der Waals surface area (Å²) in [6, 6.07) is 8.43. The molecule has 0 radical (unpaired) electrons. The van der Waals surface area contributed by atoms with Crippen molar-refractivity contribution in [2.75, 3.05) is 32.9 Å². The van der Waals surface area contributed by atoms with Crippen molar-refractivity contribution < 1.29 is 14.2 Å². The Morgan fingerprint density at radius 3 is 2.96 bits per heavy atom. The summed E-state index contributed by atoms with van der Waals surface area (Å²) < 4.78 is 17.4. The van der Waals surface area contributed by atoms with E-state index in [1.807, 2.05) is 12.1 Å². The Morgan fingerprint density at radius 1 is 1.32 bits per heavy atom. The molecule has 3 rings (SSSR count). The zero-order valence-electron chi connectivity index (χ0n) is 17.5. The number of para-hydroxylation sites is 1. The van der Waals surface area contributed by atoms with Crippen molar-refractivity contribution in [2.24, 2.45) is 4.99 Å². The van der Waals surface area contributed by atoms with Crippen LogP contribution in [-0.4, -0.2) is 50.6 Å². The Kier molecular flexibility index (Phi) is 7.57. The zero-order chi connectivity index (χ0) is 19.8. The van der Waals surface area contributed by atoms with Gasteiger partial charge in [-0.25, -0.2) is 0 Å². The van der Waals surface area contributed by atoms with E-state index in [1.54, 1.807) is 0 Å². The van der Waals surface area contributed by atoms with Gasteiger partial charge in [0.2, 0.25) is 0 Å². The summed E-state index contributed by atoms with van der Waals surface area (Å²) in [6.45, 7) is 10.2. The molecule has 1 aromatic rings. The van der Waals surface area contributed by atoms with E-state index in [0.717, 1.165) is 63.7 Å². The third kappa shape index (κ3) is 6.11. The molecule has 2 unspecified atom stereocenters. The molecule has 0 spiro atoms. The summed E-state index contributed by atoms with van der Waals surface area (Å²) in [5, 5.41) is 6.96. The van der Waals surface area contributed by atoms with E-state index in [-0.39, 0.29) is 11.6 Å². The first-order chi connectivity index (χ1) is 13.6. The van der Waals surface area contributed by atoms with Crippen LogP contribution in [0, 0.1) is 0 Å². The van der Waals surface area contributed by atoms with Crippen molar-refractivity contribution in [3.05, 3.63) is 29.8 Å². The molecule has 2 aliphatic heterocycles. The molecule has 0 saturated carbocycles. The maximum Gasteiger partial charge on any atom is 0.191 e. The van der Waals surface area contributed by atoms with E-state index >= 15 is 0 Å². The van der Waals surface area contributed by atoms with Gasteiger partial charge in [0, 0.05) is 38.3 Å². The summed E-state index contributed by atoms with van der Waals surface area (Å²) in [5.41, 5.74) is 0.979. The summed E-state index contributed by atoms with van der Waals surface area (Å²) in [4.78, 5) is 4.74. The summed E-state index contributed by atoms with van der Waals surface area (Å²) in [5.74, 6) is 1.80. The molecule has 0 aliphatic carbocycles. The lowest BCUT2D eigenvalue weighted by molar-refractivity contribution is 0.0170. The number of fused-ring (bicyclic) bond motifs is 1. The molecule has 6 heteroatoms. The molecule has 156 valence electrons. The van der Waals surface area contributed by atoms with Crippen LogP contribution in [0.4, 0.5) is 0 Å². The van der Waals surface area contributed by atoms with Gasteiger partial charge in [-0.1, -0.05) is 18.2 Å². The van der Waals surface area contributed by atoms with Crippen molar-refractivity contribution in [2.45, 2.75) is 64.2 Å². The average molecular weight is 390 g/mol. The van der Waals surface area contributed by atoms with Gasteiger partial charge < -0.3 is 24.8 Å². The van der Waals surface area contributed by atoms with Gasteiger partial charge in [0.05, 0.1) is 18.8 Å². The third-order valence-corrected chi connectivity index (χ3v) is 5.08. The van der Waals surface area contributed by atoms with Crippen molar-refractivity contribution in [1.29, 1.82) is 0 Å². The Morgan fingerprint density at radius 2 is 2.18 bits per heavy atom. The lowest BCUT2D eigenvalue weighted by Crippen LogP contribution is -2.45. The van der Waals surface area contributed by atoms with Gasteiger partial charge in [-0.15, -0.1) is 0 Å². The van der Waals surface area contributed by atoms with Crippen molar-refractivity contribution in [3.8, 4) is 5.75 Å². The van der Waals surface area contributed by atoms with Gasteiger partial charge in [-0.05, 0) is 46.1 Å². The second-order valence-electron chi connectivity index (χ2n) is 8.12. The number of nitrogens with one attached hydrogen (secondary N) is 2. The second-order valence-corrected chi connectivity index (χ2v) is 8.12. The molecule has 6 nitrogen and oxygen atoms in total. The number of rotatable bonds is 8. The van der Waals surface area contributed by atoms with Crippen LogP contribution in [0.15, 0.2) is 29.3 Å². The fourth-order valence-electron chi connectivity index (χ4n) is 3.76. The normalized spacial score (nSPS) is 23.8. The molecule has 2 atom stereocenters. The lowest BCUT2D eigenvalue weighted by atomic mass is 9.90. The average Bonchev–Trinajstić information content (AvgIpc) is 3.17. The smallest absolute Gasteiger partial charge is 0.191 e. The number of ether oxygens (including phenoxy) is 3. The molecule has 2 N–H and O–H groups in total. The molecule has 1 saturated heterocycles. The highest BCUT2D eigenvalue weighted by atomic mass is 16.5. The summed E-state index contributed by atoms with van der Waals surface area (Å²) in [7, 11) is 0. The minimum Gasteiger partial charge on any atom is -0.487 e. The van der Waals surface area contributed by atoms with E-state index in [4.69, 9.17) is 19.2 Å². The van der Waals surface area contributed by atoms with E-state index in [2.05, 4.69) is 43.5 Å². The Hall–Kier alpha value is -1.79. The monoisotopic (exact) mass is 389 g/mol. The largest absolute Gasteiger partial charge is 0.487 e. The predicted molar refractivity (Wildman–Crippen MR) is 112 cm³/mol. The van der Waals surface area contributed by atoms with Crippen LogP contribution in [0.1, 0.15) is 58.1 Å². The zero-order valence-corrected chi connectivity index (χ0v) is 17.5. The Bertz CT molecular complexity index is 642. The molecule has 1 aromatic carbocycles. The van der Waals surface area contributed by atoms with Gasteiger partial charge >= 0.3 is 0 Å². The van der Waals surface area contributed by atoms with Crippen LogP contribution in [0.25, 0.3) is 0 Å². The van der Waals surface area contributed by atoms with Crippen LogP contribution in [0.2, 0.25) is 0 Å². The van der Waals surface area contributed by atoms with E-state index in [0.29, 0.717) is 12.7 Å². The second kappa shape index (κ2) is 10.1. The highest BCUT2D eigenvalue weighted by Gasteiger charge is 2.33.